The van der Waals surface area contributed by atoms with Crippen LogP contribution in [0.2, 0.25) is 0 Å². The number of hydrogen-bond acceptors (Lipinski definition) is 2. The highest BCUT2D eigenvalue weighted by Crippen LogP contribution is 2.13. The van der Waals surface area contributed by atoms with Crippen LogP contribution in [0.4, 0.5) is 0 Å². The van der Waals surface area contributed by atoms with Crippen molar-refractivity contribution >= 4 is 0 Å². The van der Waals surface area contributed by atoms with Gasteiger partial charge in [-0.2, -0.15) is 5.10 Å². The molecule has 1 aromatic heterocycles. The normalized spacial score (nSPS) is 11.1. The predicted molar refractivity (Wildman–Crippen MR) is 48.1 cm³/mol. The fraction of sp³-hybridized carbons (Fsp3) is 0.667. The molecule has 68 valence electrons. The zero-order valence-electron chi connectivity index (χ0n) is 8.16. The Kier molecular flexibility index (Phi) is 2.87. The van der Waals surface area contributed by atoms with Crippen molar-refractivity contribution in [2.45, 2.75) is 33.4 Å². The van der Waals surface area contributed by atoms with Gasteiger partial charge in [-0.15, -0.1) is 0 Å². The van der Waals surface area contributed by atoms with Gasteiger partial charge >= 0.3 is 0 Å². The minimum absolute atomic E-state index is 0.488. The molecule has 1 heterocycles. The molecule has 0 aromatic carbocycles. The molecule has 3 heteroatoms. The second-order valence-corrected chi connectivity index (χ2v) is 3.28. The van der Waals surface area contributed by atoms with Gasteiger partial charge < -0.3 is 4.74 Å². The Morgan fingerprint density at radius 1 is 1.58 bits per heavy atom. The molecule has 12 heavy (non-hydrogen) atoms. The Morgan fingerprint density at radius 3 is 2.67 bits per heavy atom. The zero-order valence-corrected chi connectivity index (χ0v) is 8.16. The molecule has 0 saturated carbocycles. The molecule has 0 unspecified atom stereocenters. The maximum absolute atomic E-state index is 5.00. The molecule has 1 rings (SSSR count). The van der Waals surface area contributed by atoms with Gasteiger partial charge in [0.2, 0.25) is 0 Å². The molecule has 1 aromatic rings. The van der Waals surface area contributed by atoms with Crippen LogP contribution in [0, 0.1) is 6.92 Å². The van der Waals surface area contributed by atoms with E-state index >= 15 is 0 Å². The first-order chi connectivity index (χ1) is 5.65. The van der Waals surface area contributed by atoms with Gasteiger partial charge in [0.25, 0.3) is 0 Å². The minimum Gasteiger partial charge on any atom is -0.362 e. The summed E-state index contributed by atoms with van der Waals surface area (Å²) in [5.74, 6) is 0.488. The molecule has 0 amide bonds. The van der Waals surface area contributed by atoms with E-state index in [4.69, 9.17) is 4.74 Å². The third-order valence-corrected chi connectivity index (χ3v) is 1.84. The molecular weight excluding hydrogens is 152 g/mol. The van der Waals surface area contributed by atoms with Gasteiger partial charge in [0, 0.05) is 12.8 Å². The highest BCUT2D eigenvalue weighted by molar-refractivity contribution is 5.11. The van der Waals surface area contributed by atoms with Gasteiger partial charge in [-0.1, -0.05) is 13.8 Å². The largest absolute Gasteiger partial charge is 0.362 e. The van der Waals surface area contributed by atoms with Crippen LogP contribution in [0.25, 0.3) is 0 Å². The van der Waals surface area contributed by atoms with Gasteiger partial charge in [-0.3, -0.25) is 0 Å². The summed E-state index contributed by atoms with van der Waals surface area (Å²) in [6.07, 6.45) is 0. The van der Waals surface area contributed by atoms with E-state index in [0.717, 1.165) is 11.4 Å². The van der Waals surface area contributed by atoms with Crippen molar-refractivity contribution in [3.05, 3.63) is 17.5 Å². The third kappa shape index (κ3) is 1.85. The van der Waals surface area contributed by atoms with Crippen LogP contribution < -0.4 is 0 Å². The van der Waals surface area contributed by atoms with Crippen molar-refractivity contribution in [2.24, 2.45) is 0 Å². The van der Waals surface area contributed by atoms with Crippen molar-refractivity contribution in [2.75, 3.05) is 7.11 Å². The van der Waals surface area contributed by atoms with Gasteiger partial charge in [-0.05, 0) is 18.9 Å². The van der Waals surface area contributed by atoms with Gasteiger partial charge in [-0.25, -0.2) is 4.68 Å². The molecule has 0 bridgehead atoms. The second-order valence-electron chi connectivity index (χ2n) is 3.28. The molecule has 0 aliphatic rings. The summed E-state index contributed by atoms with van der Waals surface area (Å²) < 4.78 is 6.87. The minimum atomic E-state index is 0.488. The summed E-state index contributed by atoms with van der Waals surface area (Å²) in [5, 5.41) is 4.39. The third-order valence-electron chi connectivity index (χ3n) is 1.84. The summed E-state index contributed by atoms with van der Waals surface area (Å²) in [6, 6.07) is 2.10. The SMILES string of the molecule is COCn1nc(C(C)C)cc1C. The summed E-state index contributed by atoms with van der Waals surface area (Å²) in [5.41, 5.74) is 2.28. The van der Waals surface area contributed by atoms with E-state index in [1.165, 1.54) is 0 Å². The van der Waals surface area contributed by atoms with E-state index in [9.17, 15) is 0 Å². The average molecular weight is 168 g/mol. The standard InChI is InChI=1S/C9H16N2O/c1-7(2)9-5-8(3)11(10-9)6-12-4/h5,7H,6H2,1-4H3. The summed E-state index contributed by atoms with van der Waals surface area (Å²) in [4.78, 5) is 0. The van der Waals surface area contributed by atoms with Crippen molar-refractivity contribution in [1.82, 2.24) is 9.78 Å². The van der Waals surface area contributed by atoms with E-state index in [2.05, 4.69) is 25.0 Å². The fourth-order valence-electron chi connectivity index (χ4n) is 1.07. The summed E-state index contributed by atoms with van der Waals surface area (Å²) in [6.45, 7) is 6.86. The van der Waals surface area contributed by atoms with Gasteiger partial charge in [0.05, 0.1) is 5.69 Å². The lowest BCUT2D eigenvalue weighted by atomic mass is 10.1. The molecule has 0 atom stereocenters. The fourth-order valence-corrected chi connectivity index (χ4v) is 1.07. The van der Waals surface area contributed by atoms with Crippen LogP contribution in [0.5, 0.6) is 0 Å². The highest BCUT2D eigenvalue weighted by atomic mass is 16.5. The summed E-state index contributed by atoms with van der Waals surface area (Å²) in [7, 11) is 1.68. The molecule has 0 aliphatic carbocycles. The van der Waals surface area contributed by atoms with Crippen LogP contribution >= 0.6 is 0 Å². The number of hydrogen-bond donors (Lipinski definition) is 0. The van der Waals surface area contributed by atoms with Gasteiger partial charge in [0.1, 0.15) is 6.73 Å². The number of aromatic nitrogens is 2. The van der Waals surface area contributed by atoms with Gasteiger partial charge in [0.15, 0.2) is 0 Å². The maximum atomic E-state index is 5.00. The first-order valence-electron chi connectivity index (χ1n) is 4.18. The second kappa shape index (κ2) is 3.72. The quantitative estimate of drug-likeness (QED) is 0.689. The number of ether oxygens (including phenoxy) is 1. The molecule has 0 N–H and O–H groups in total. The Bertz CT molecular complexity index is 253. The topological polar surface area (TPSA) is 27.1 Å². The van der Waals surface area contributed by atoms with Crippen LogP contribution in [0.3, 0.4) is 0 Å². The van der Waals surface area contributed by atoms with E-state index in [1.807, 2.05) is 11.6 Å². The van der Waals surface area contributed by atoms with Crippen LogP contribution in [-0.4, -0.2) is 16.9 Å². The molecule has 0 radical (unpaired) electrons. The van der Waals surface area contributed by atoms with Crippen molar-refractivity contribution in [1.29, 1.82) is 0 Å². The summed E-state index contributed by atoms with van der Waals surface area (Å²) >= 11 is 0. The van der Waals surface area contributed by atoms with Crippen molar-refractivity contribution < 1.29 is 4.74 Å². The zero-order chi connectivity index (χ0) is 9.14. The number of aryl methyl sites for hydroxylation is 1. The highest BCUT2D eigenvalue weighted by Gasteiger charge is 2.06. The molecule has 0 aliphatic heterocycles. The Balaban J connectivity index is 2.85. The van der Waals surface area contributed by atoms with Crippen molar-refractivity contribution in [3.8, 4) is 0 Å². The Labute approximate surface area is 73.3 Å². The molecule has 0 saturated heterocycles. The smallest absolute Gasteiger partial charge is 0.139 e. The van der Waals surface area contributed by atoms with Crippen LogP contribution in [0.1, 0.15) is 31.2 Å². The Hall–Kier alpha value is -0.830. The Morgan fingerprint density at radius 2 is 2.25 bits per heavy atom. The van der Waals surface area contributed by atoms with E-state index < -0.39 is 0 Å². The van der Waals surface area contributed by atoms with E-state index in [-0.39, 0.29) is 0 Å². The average Bonchev–Trinajstić information content (AvgIpc) is 2.34. The molecule has 0 fully saturated rings. The number of methoxy groups -OCH3 is 1. The van der Waals surface area contributed by atoms with Crippen LogP contribution in [0.15, 0.2) is 6.07 Å². The van der Waals surface area contributed by atoms with E-state index in [0.29, 0.717) is 12.6 Å². The lowest BCUT2D eigenvalue weighted by Crippen LogP contribution is -2.04. The monoisotopic (exact) mass is 168 g/mol. The lowest BCUT2D eigenvalue weighted by Gasteiger charge is -2.01. The number of nitrogens with zero attached hydrogens (tertiary/aromatic N) is 2. The van der Waals surface area contributed by atoms with E-state index in [1.54, 1.807) is 7.11 Å². The van der Waals surface area contributed by atoms with Crippen molar-refractivity contribution in [3.63, 3.8) is 0 Å². The number of rotatable bonds is 3. The molecular formula is C9H16N2O. The lowest BCUT2D eigenvalue weighted by molar-refractivity contribution is 0.118. The predicted octanol–water partition coefficient (Wildman–Crippen LogP) is 1.92. The molecule has 3 nitrogen and oxygen atoms in total. The maximum Gasteiger partial charge on any atom is 0.139 e. The van der Waals surface area contributed by atoms with Crippen LogP contribution in [-0.2, 0) is 11.5 Å². The molecule has 0 spiro atoms. The first-order valence-corrected chi connectivity index (χ1v) is 4.18. The first kappa shape index (κ1) is 9.26.